The second-order valence-electron chi connectivity index (χ2n) is 8.34. The van der Waals surface area contributed by atoms with Crippen LogP contribution in [-0.2, 0) is 18.4 Å². The fourth-order valence-electron chi connectivity index (χ4n) is 3.93. The Bertz CT molecular complexity index is 1520. The van der Waals surface area contributed by atoms with E-state index in [-0.39, 0.29) is 22.8 Å². The van der Waals surface area contributed by atoms with E-state index in [0.29, 0.717) is 22.8 Å². The van der Waals surface area contributed by atoms with E-state index in [1.807, 2.05) is 17.4 Å². The number of fused-ring (bicyclic) bond motifs is 1. The summed E-state index contributed by atoms with van der Waals surface area (Å²) >= 11 is 6.27. The second-order valence-corrected chi connectivity index (χ2v) is 8.75. The molecule has 0 bridgehead atoms. The molecule has 1 amide bonds. The molecule has 4 aromatic rings. The summed E-state index contributed by atoms with van der Waals surface area (Å²) < 4.78 is 68.4. The fraction of sp³-hybridized carbons (Fsp3) is 0.280. The second kappa shape index (κ2) is 10.3. The maximum Gasteiger partial charge on any atom is 0.397 e. The number of aromatic nitrogens is 4. The Morgan fingerprint density at radius 3 is 2.73 bits per heavy atom. The van der Waals surface area contributed by atoms with Crippen LogP contribution in [0.4, 0.5) is 17.6 Å². The zero-order chi connectivity index (χ0) is 27.8. The molecule has 0 saturated carbocycles. The van der Waals surface area contributed by atoms with Gasteiger partial charge in [-0.2, -0.15) is 18.3 Å². The Kier molecular flexibility index (Phi) is 6.96. The van der Waals surface area contributed by atoms with Crippen molar-refractivity contribution in [2.24, 2.45) is 7.05 Å². The number of rotatable bonds is 7. The maximum absolute atomic E-state index is 14.3. The molecule has 0 spiro atoms. The Labute approximate surface area is 215 Å². The Balaban J connectivity index is 1.70. The molecule has 0 unspecified atom stereocenters. The van der Waals surface area contributed by atoms with Crippen LogP contribution in [0.1, 0.15) is 37.6 Å². The Hall–Kier alpha value is -3.73. The molecule has 2 heterocycles. The molecule has 194 valence electrons. The number of benzene rings is 2. The molecule has 2 aromatic heterocycles. The molecule has 1 atom stereocenters. The summed E-state index contributed by atoms with van der Waals surface area (Å²) in [5.41, 5.74) is 1.92. The van der Waals surface area contributed by atoms with Gasteiger partial charge in [-0.25, -0.2) is 19.0 Å². The minimum absolute atomic E-state index is 0.118. The maximum atomic E-state index is 14.3. The van der Waals surface area contributed by atoms with Crippen molar-refractivity contribution < 1.29 is 28.5 Å². The standard InChI is InChI=1S/C25H22ClF4N5O2/c1-13-7-18(24-31-12-32-35(24)3)16-5-4-6-21(23(16)33-13)37-11-19-17(8-15(27)9-20(19)26)14(2)34-22(36)10-25(28,29)30/h4-9,12,14H,10-11H2,1-3H3,(H,34,36)/t14-/m0/s1/i14D. The van der Waals surface area contributed by atoms with Crippen LogP contribution in [-0.4, -0.2) is 31.8 Å². The van der Waals surface area contributed by atoms with E-state index < -0.39 is 30.3 Å². The van der Waals surface area contributed by atoms with Gasteiger partial charge in [0.05, 0.1) is 12.4 Å². The van der Waals surface area contributed by atoms with Gasteiger partial charge < -0.3 is 10.1 Å². The van der Waals surface area contributed by atoms with Crippen molar-refractivity contribution in [3.05, 3.63) is 70.4 Å². The van der Waals surface area contributed by atoms with Crippen molar-refractivity contribution in [1.82, 2.24) is 25.1 Å². The summed E-state index contributed by atoms with van der Waals surface area (Å²) in [4.78, 5) is 20.8. The molecule has 1 N–H and O–H groups in total. The summed E-state index contributed by atoms with van der Waals surface area (Å²) in [6, 6.07) is 6.90. The fourth-order valence-corrected chi connectivity index (χ4v) is 4.19. The van der Waals surface area contributed by atoms with Crippen LogP contribution in [0, 0.1) is 12.7 Å². The highest BCUT2D eigenvalue weighted by molar-refractivity contribution is 6.31. The summed E-state index contributed by atoms with van der Waals surface area (Å²) in [6.07, 6.45) is -5.12. The normalized spacial score (nSPS) is 13.8. The highest BCUT2D eigenvalue weighted by Gasteiger charge is 2.32. The third kappa shape index (κ3) is 5.99. The molecular formula is C25H22ClF4N5O2. The van der Waals surface area contributed by atoms with Gasteiger partial charge in [-0.3, -0.25) is 4.79 Å². The summed E-state index contributed by atoms with van der Waals surface area (Å²) in [6.45, 7) is 2.65. The molecule has 0 radical (unpaired) electrons. The van der Waals surface area contributed by atoms with Crippen molar-refractivity contribution in [2.75, 3.05) is 0 Å². The van der Waals surface area contributed by atoms with Gasteiger partial charge in [-0.15, -0.1) is 0 Å². The molecule has 0 aliphatic rings. The molecule has 0 aliphatic carbocycles. The van der Waals surface area contributed by atoms with Gasteiger partial charge in [0.25, 0.3) is 0 Å². The molecule has 0 saturated heterocycles. The first kappa shape index (κ1) is 24.9. The van der Waals surface area contributed by atoms with Crippen LogP contribution in [0.15, 0.2) is 42.7 Å². The van der Waals surface area contributed by atoms with Crippen molar-refractivity contribution >= 4 is 28.4 Å². The Morgan fingerprint density at radius 2 is 2.05 bits per heavy atom. The van der Waals surface area contributed by atoms with Gasteiger partial charge in [-0.05, 0) is 43.7 Å². The molecule has 2 aromatic carbocycles. The van der Waals surface area contributed by atoms with E-state index in [9.17, 15) is 22.4 Å². The third-order valence-corrected chi connectivity index (χ3v) is 5.84. The minimum Gasteiger partial charge on any atom is -0.487 e. The lowest BCUT2D eigenvalue weighted by molar-refractivity contribution is -0.154. The topological polar surface area (TPSA) is 81.9 Å². The lowest BCUT2D eigenvalue weighted by atomic mass is 10.0. The first-order valence-electron chi connectivity index (χ1n) is 11.5. The first-order chi connectivity index (χ1) is 17.7. The van der Waals surface area contributed by atoms with Crippen LogP contribution in [0.2, 0.25) is 5.02 Å². The highest BCUT2D eigenvalue weighted by Crippen LogP contribution is 2.34. The molecule has 0 fully saturated rings. The minimum atomic E-state index is -4.77. The number of hydrogen-bond acceptors (Lipinski definition) is 5. The first-order valence-corrected chi connectivity index (χ1v) is 11.4. The quantitative estimate of drug-likeness (QED) is 0.300. The zero-order valence-electron chi connectivity index (χ0n) is 21.0. The van der Waals surface area contributed by atoms with Crippen molar-refractivity contribution in [2.45, 2.75) is 39.1 Å². The average Bonchev–Trinajstić information content (AvgIpc) is 3.21. The Morgan fingerprint density at radius 1 is 1.30 bits per heavy atom. The largest absolute Gasteiger partial charge is 0.487 e. The van der Waals surface area contributed by atoms with Gasteiger partial charge in [0.1, 0.15) is 36.4 Å². The number of nitrogens with one attached hydrogen (secondary N) is 1. The van der Waals surface area contributed by atoms with Gasteiger partial charge >= 0.3 is 6.18 Å². The van der Waals surface area contributed by atoms with Crippen molar-refractivity contribution in [3.63, 3.8) is 0 Å². The summed E-state index contributed by atoms with van der Waals surface area (Å²) in [5.74, 6) is -1.31. The molecule has 12 heteroatoms. The van der Waals surface area contributed by atoms with Gasteiger partial charge in [0.2, 0.25) is 5.91 Å². The number of alkyl halides is 3. The molecular weight excluding hydrogens is 514 g/mol. The SMILES string of the molecule is [2H][C@@](C)(NC(=O)CC(F)(F)F)c1cc(F)cc(Cl)c1COc1cccc2c(-c3ncnn3C)cc(C)nc12. The van der Waals surface area contributed by atoms with Gasteiger partial charge in [0.15, 0.2) is 5.82 Å². The van der Waals surface area contributed by atoms with Crippen LogP contribution in [0.25, 0.3) is 22.3 Å². The number of nitrogens with zero attached hydrogens (tertiary/aromatic N) is 4. The van der Waals surface area contributed by atoms with E-state index in [4.69, 9.17) is 17.7 Å². The molecule has 0 aliphatic heterocycles. The van der Waals surface area contributed by atoms with Crippen LogP contribution >= 0.6 is 11.6 Å². The number of carbonyl (C=O) groups excluding carboxylic acids is 1. The number of hydrogen-bond donors (Lipinski definition) is 1. The number of pyridine rings is 1. The van der Waals surface area contributed by atoms with Gasteiger partial charge in [-0.1, -0.05) is 23.7 Å². The number of para-hydroxylation sites is 1. The van der Waals surface area contributed by atoms with Crippen molar-refractivity contribution in [3.8, 4) is 17.1 Å². The number of halogens is 5. The van der Waals surface area contributed by atoms with E-state index >= 15 is 0 Å². The lowest BCUT2D eigenvalue weighted by Crippen LogP contribution is -2.31. The smallest absolute Gasteiger partial charge is 0.397 e. The van der Waals surface area contributed by atoms with Crippen LogP contribution in [0.3, 0.4) is 0 Å². The van der Waals surface area contributed by atoms with Crippen molar-refractivity contribution in [1.29, 1.82) is 0 Å². The number of aryl methyl sites for hydroxylation is 2. The van der Waals surface area contributed by atoms with Gasteiger partial charge in [0, 0.05) is 29.3 Å². The third-order valence-electron chi connectivity index (χ3n) is 5.51. The number of carbonyl (C=O) groups is 1. The molecule has 7 nitrogen and oxygen atoms in total. The van der Waals surface area contributed by atoms with E-state index in [1.54, 1.807) is 30.8 Å². The summed E-state index contributed by atoms with van der Waals surface area (Å²) in [5, 5.41) is 6.71. The monoisotopic (exact) mass is 536 g/mol. The highest BCUT2D eigenvalue weighted by atomic mass is 35.5. The number of ether oxygens (including phenoxy) is 1. The average molecular weight is 537 g/mol. The van der Waals surface area contributed by atoms with Crippen LogP contribution < -0.4 is 10.1 Å². The summed E-state index contributed by atoms with van der Waals surface area (Å²) in [7, 11) is 1.76. The lowest BCUT2D eigenvalue weighted by Gasteiger charge is -2.20. The molecule has 37 heavy (non-hydrogen) atoms. The predicted octanol–water partition coefficient (Wildman–Crippen LogP) is 5.84. The van der Waals surface area contributed by atoms with E-state index in [0.717, 1.165) is 30.0 Å². The van der Waals surface area contributed by atoms with E-state index in [2.05, 4.69) is 15.1 Å². The molecule has 4 rings (SSSR count). The number of amides is 1. The van der Waals surface area contributed by atoms with E-state index in [1.165, 1.54) is 6.33 Å². The van der Waals surface area contributed by atoms with Crippen LogP contribution in [0.5, 0.6) is 5.75 Å². The zero-order valence-corrected chi connectivity index (χ0v) is 20.7. The predicted molar refractivity (Wildman–Crippen MR) is 129 cm³/mol.